The van der Waals surface area contributed by atoms with Gasteiger partial charge in [0.2, 0.25) is 0 Å². The Kier molecular flexibility index (Phi) is 8.45. The van der Waals surface area contributed by atoms with Crippen molar-refractivity contribution in [2.24, 2.45) is 0 Å². The van der Waals surface area contributed by atoms with Crippen LogP contribution in [0.15, 0.2) is 11.5 Å². The molecule has 0 spiro atoms. The highest BCUT2D eigenvalue weighted by molar-refractivity contribution is 8.78. The third-order valence-electron chi connectivity index (χ3n) is 1.33. The van der Waals surface area contributed by atoms with Crippen LogP contribution in [0.2, 0.25) is 0 Å². The molecule has 0 heterocycles. The van der Waals surface area contributed by atoms with E-state index in [4.69, 9.17) is 4.74 Å². The lowest BCUT2D eigenvalue weighted by Crippen LogP contribution is -1.96. The zero-order chi connectivity index (χ0) is 10.1. The molecule has 13 heavy (non-hydrogen) atoms. The SMILES string of the molecule is CCC(C)SSC=CCOC(C)=O. The molecule has 0 aliphatic heterocycles. The van der Waals surface area contributed by atoms with Crippen molar-refractivity contribution in [3.63, 3.8) is 0 Å². The van der Waals surface area contributed by atoms with Crippen LogP contribution in [0, 0.1) is 0 Å². The van der Waals surface area contributed by atoms with Crippen LogP contribution in [0.3, 0.4) is 0 Å². The highest BCUT2D eigenvalue weighted by Gasteiger charge is 1.96. The quantitative estimate of drug-likeness (QED) is 0.507. The van der Waals surface area contributed by atoms with E-state index in [0.29, 0.717) is 11.9 Å². The summed E-state index contributed by atoms with van der Waals surface area (Å²) in [4.78, 5) is 10.4. The lowest BCUT2D eigenvalue weighted by molar-refractivity contribution is -0.139. The summed E-state index contributed by atoms with van der Waals surface area (Å²) in [5, 5.41) is 2.63. The van der Waals surface area contributed by atoms with Crippen LogP contribution < -0.4 is 0 Å². The Labute approximate surface area is 87.9 Å². The van der Waals surface area contributed by atoms with Crippen molar-refractivity contribution in [1.29, 1.82) is 0 Å². The first kappa shape index (κ1) is 12.9. The molecule has 0 aromatic heterocycles. The molecule has 0 bridgehead atoms. The number of esters is 1. The average Bonchev–Trinajstić information content (AvgIpc) is 2.10. The van der Waals surface area contributed by atoms with E-state index in [0.717, 1.165) is 0 Å². The Morgan fingerprint density at radius 2 is 2.31 bits per heavy atom. The van der Waals surface area contributed by atoms with E-state index in [9.17, 15) is 4.79 Å². The van der Waals surface area contributed by atoms with Crippen molar-refractivity contribution in [3.8, 4) is 0 Å². The third kappa shape index (κ3) is 9.83. The van der Waals surface area contributed by atoms with Gasteiger partial charge in [0.25, 0.3) is 0 Å². The van der Waals surface area contributed by atoms with Crippen molar-refractivity contribution in [1.82, 2.24) is 0 Å². The van der Waals surface area contributed by atoms with Gasteiger partial charge in [-0.1, -0.05) is 35.4 Å². The summed E-state index contributed by atoms with van der Waals surface area (Å²) in [6, 6.07) is 0. The van der Waals surface area contributed by atoms with E-state index >= 15 is 0 Å². The second-order valence-corrected chi connectivity index (χ2v) is 5.20. The predicted octanol–water partition coefficient (Wildman–Crippen LogP) is 3.24. The smallest absolute Gasteiger partial charge is 0.302 e. The second-order valence-electron chi connectivity index (χ2n) is 2.59. The second kappa shape index (κ2) is 8.51. The van der Waals surface area contributed by atoms with Gasteiger partial charge >= 0.3 is 5.97 Å². The molecular weight excluding hydrogens is 204 g/mol. The van der Waals surface area contributed by atoms with Gasteiger partial charge < -0.3 is 4.74 Å². The van der Waals surface area contributed by atoms with Gasteiger partial charge in [-0.05, 0) is 17.9 Å². The summed E-state index contributed by atoms with van der Waals surface area (Å²) in [5.74, 6) is -0.232. The molecule has 0 radical (unpaired) electrons. The number of ether oxygens (including phenoxy) is 1. The molecule has 2 nitrogen and oxygen atoms in total. The highest BCUT2D eigenvalue weighted by atomic mass is 33.1. The Hall–Kier alpha value is -0.0900. The molecule has 0 aliphatic carbocycles. The van der Waals surface area contributed by atoms with E-state index in [1.807, 2.05) is 22.3 Å². The molecule has 0 aromatic carbocycles. The highest BCUT2D eigenvalue weighted by Crippen LogP contribution is 2.28. The standard InChI is InChI=1S/C9H16O2S2/c1-4-8(2)13-12-7-5-6-11-9(3)10/h5,7-8H,4,6H2,1-3H3. The number of carbonyl (C=O) groups excluding carboxylic acids is 1. The molecule has 4 heteroatoms. The maximum Gasteiger partial charge on any atom is 0.302 e. The van der Waals surface area contributed by atoms with Crippen molar-refractivity contribution in [2.45, 2.75) is 32.4 Å². The number of hydrogen-bond donors (Lipinski definition) is 0. The fraction of sp³-hybridized carbons (Fsp3) is 0.667. The number of rotatable bonds is 6. The van der Waals surface area contributed by atoms with Crippen LogP contribution in [0.4, 0.5) is 0 Å². The van der Waals surface area contributed by atoms with Gasteiger partial charge in [0.15, 0.2) is 0 Å². The van der Waals surface area contributed by atoms with Crippen LogP contribution in [-0.4, -0.2) is 17.8 Å². The minimum absolute atomic E-state index is 0.232. The maximum atomic E-state index is 10.4. The summed E-state index contributed by atoms with van der Waals surface area (Å²) >= 11 is 0. The van der Waals surface area contributed by atoms with Crippen molar-refractivity contribution in [2.75, 3.05) is 6.61 Å². The topological polar surface area (TPSA) is 26.3 Å². The summed E-state index contributed by atoms with van der Waals surface area (Å²) < 4.78 is 4.73. The van der Waals surface area contributed by atoms with Gasteiger partial charge in [-0.25, -0.2) is 0 Å². The molecule has 76 valence electrons. The predicted molar refractivity (Wildman–Crippen MR) is 60.7 cm³/mol. The zero-order valence-corrected chi connectivity index (χ0v) is 9.91. The molecule has 1 unspecified atom stereocenters. The van der Waals surface area contributed by atoms with Gasteiger partial charge in [0, 0.05) is 12.2 Å². The lowest BCUT2D eigenvalue weighted by Gasteiger charge is -2.02. The van der Waals surface area contributed by atoms with Crippen molar-refractivity contribution >= 4 is 27.6 Å². The average molecular weight is 220 g/mol. The minimum atomic E-state index is -0.232. The molecule has 0 fully saturated rings. The maximum absolute atomic E-state index is 10.4. The third-order valence-corrected chi connectivity index (χ3v) is 4.06. The first-order chi connectivity index (χ1) is 6.16. The van der Waals surface area contributed by atoms with Gasteiger partial charge in [0.05, 0.1) is 0 Å². The largest absolute Gasteiger partial charge is 0.462 e. The van der Waals surface area contributed by atoms with Crippen molar-refractivity contribution in [3.05, 3.63) is 11.5 Å². The molecule has 0 saturated heterocycles. The van der Waals surface area contributed by atoms with E-state index < -0.39 is 0 Å². The molecule has 1 atom stereocenters. The number of carbonyl (C=O) groups is 1. The van der Waals surface area contributed by atoms with E-state index in [1.54, 1.807) is 10.8 Å². The number of hydrogen-bond acceptors (Lipinski definition) is 4. The molecule has 0 amide bonds. The fourth-order valence-electron chi connectivity index (χ4n) is 0.439. The summed E-state index contributed by atoms with van der Waals surface area (Å²) in [6.45, 7) is 6.15. The van der Waals surface area contributed by atoms with Gasteiger partial charge in [-0.2, -0.15) is 0 Å². The Balaban J connectivity index is 3.26. The molecule has 0 rings (SSSR count). The molecular formula is C9H16O2S2. The molecule has 0 aliphatic rings. The fourth-order valence-corrected chi connectivity index (χ4v) is 2.39. The van der Waals surface area contributed by atoms with Crippen LogP contribution >= 0.6 is 21.6 Å². The minimum Gasteiger partial charge on any atom is -0.462 e. The van der Waals surface area contributed by atoms with E-state index in [-0.39, 0.29) is 5.97 Å². The Morgan fingerprint density at radius 1 is 1.62 bits per heavy atom. The van der Waals surface area contributed by atoms with Crippen LogP contribution in [-0.2, 0) is 9.53 Å². The lowest BCUT2D eigenvalue weighted by atomic mass is 10.4. The van der Waals surface area contributed by atoms with Gasteiger partial charge in [0.1, 0.15) is 6.61 Å². The molecule has 0 aromatic rings. The Bertz CT molecular complexity index is 169. The van der Waals surface area contributed by atoms with Gasteiger partial charge in [-0.15, -0.1) is 0 Å². The first-order valence-electron chi connectivity index (χ1n) is 4.27. The van der Waals surface area contributed by atoms with Crippen molar-refractivity contribution < 1.29 is 9.53 Å². The van der Waals surface area contributed by atoms with Crippen LogP contribution in [0.1, 0.15) is 27.2 Å². The first-order valence-corrected chi connectivity index (χ1v) is 6.55. The van der Waals surface area contributed by atoms with E-state index in [2.05, 4.69) is 13.8 Å². The Morgan fingerprint density at radius 3 is 2.85 bits per heavy atom. The van der Waals surface area contributed by atoms with E-state index in [1.165, 1.54) is 13.3 Å². The van der Waals surface area contributed by atoms with Crippen LogP contribution in [0.5, 0.6) is 0 Å². The molecule has 0 saturated carbocycles. The monoisotopic (exact) mass is 220 g/mol. The summed E-state index contributed by atoms with van der Waals surface area (Å²) in [5.41, 5.74) is 0. The molecule has 0 N–H and O–H groups in total. The summed E-state index contributed by atoms with van der Waals surface area (Å²) in [7, 11) is 3.51. The normalized spacial score (nSPS) is 13.2. The van der Waals surface area contributed by atoms with Crippen LogP contribution in [0.25, 0.3) is 0 Å². The summed E-state index contributed by atoms with van der Waals surface area (Å²) in [6.07, 6.45) is 3.02. The zero-order valence-electron chi connectivity index (χ0n) is 8.28. The van der Waals surface area contributed by atoms with Gasteiger partial charge in [-0.3, -0.25) is 4.79 Å².